The zero-order valence-corrected chi connectivity index (χ0v) is 13.5. The summed E-state index contributed by atoms with van der Waals surface area (Å²) in [6.07, 6.45) is 3.48. The third-order valence-electron chi connectivity index (χ3n) is 4.33. The molecular formula is C16H17BrN4. The maximum absolute atomic E-state index is 6.05. The lowest BCUT2D eigenvalue weighted by atomic mass is 10.1. The van der Waals surface area contributed by atoms with E-state index < -0.39 is 0 Å². The molecule has 1 aliphatic heterocycles. The fourth-order valence-electron chi connectivity index (χ4n) is 2.94. The van der Waals surface area contributed by atoms with Crippen molar-refractivity contribution < 1.29 is 0 Å². The zero-order chi connectivity index (χ0) is 14.6. The molecule has 4 rings (SSSR count). The second-order valence-corrected chi connectivity index (χ2v) is 6.71. The number of likely N-dealkylation sites (N-methyl/N-ethyl adjacent to an activating group) is 1. The third kappa shape index (κ3) is 2.20. The number of hydrogen-bond acceptors (Lipinski definition) is 4. The molecule has 1 aliphatic carbocycles. The van der Waals surface area contributed by atoms with E-state index in [9.17, 15) is 0 Å². The smallest absolute Gasteiger partial charge is 0.161 e. The van der Waals surface area contributed by atoms with Crippen LogP contribution < -0.4 is 10.6 Å². The topological polar surface area (TPSA) is 55.0 Å². The summed E-state index contributed by atoms with van der Waals surface area (Å²) in [6.45, 7) is 1.08. The normalized spacial score (nSPS) is 17.1. The first kappa shape index (κ1) is 13.1. The number of nitrogens with zero attached hydrogens (tertiary/aromatic N) is 3. The minimum Gasteiger partial charge on any atom is -0.383 e. The average Bonchev–Trinajstić information content (AvgIpc) is 3.26. The Morgan fingerprint density at radius 1 is 1.29 bits per heavy atom. The number of aromatic nitrogens is 2. The molecule has 0 unspecified atom stereocenters. The Labute approximate surface area is 132 Å². The van der Waals surface area contributed by atoms with Crippen LogP contribution in [0.25, 0.3) is 11.4 Å². The van der Waals surface area contributed by atoms with Crippen LogP contribution in [-0.2, 0) is 6.42 Å². The van der Waals surface area contributed by atoms with Crippen molar-refractivity contribution in [2.45, 2.75) is 25.2 Å². The molecule has 0 atom stereocenters. The molecule has 21 heavy (non-hydrogen) atoms. The van der Waals surface area contributed by atoms with E-state index in [1.165, 1.54) is 24.1 Å². The molecular weight excluding hydrogens is 328 g/mol. The van der Waals surface area contributed by atoms with Gasteiger partial charge in [-0.3, -0.25) is 0 Å². The Hall–Kier alpha value is -1.62. The summed E-state index contributed by atoms with van der Waals surface area (Å²) < 4.78 is 0.870. The number of nitrogen functional groups attached to an aromatic ring is 1. The summed E-state index contributed by atoms with van der Waals surface area (Å²) >= 11 is 3.53. The van der Waals surface area contributed by atoms with Crippen LogP contribution in [0.2, 0.25) is 0 Å². The number of nitrogens with two attached hydrogens (primary N) is 1. The van der Waals surface area contributed by atoms with Crippen LogP contribution in [0.1, 0.15) is 30.0 Å². The van der Waals surface area contributed by atoms with Gasteiger partial charge in [0, 0.05) is 30.8 Å². The third-order valence-corrected chi connectivity index (χ3v) is 5.14. The van der Waals surface area contributed by atoms with E-state index in [1.54, 1.807) is 0 Å². The van der Waals surface area contributed by atoms with E-state index in [4.69, 9.17) is 10.7 Å². The van der Waals surface area contributed by atoms with Crippen molar-refractivity contribution in [1.29, 1.82) is 0 Å². The molecule has 0 amide bonds. The molecule has 1 aromatic heterocycles. The monoisotopic (exact) mass is 344 g/mol. The number of anilines is 2. The fourth-order valence-corrected chi connectivity index (χ4v) is 3.45. The first-order valence-corrected chi connectivity index (χ1v) is 8.10. The van der Waals surface area contributed by atoms with E-state index in [2.05, 4.69) is 51.1 Å². The van der Waals surface area contributed by atoms with Gasteiger partial charge in [-0.05, 0) is 59.0 Å². The summed E-state index contributed by atoms with van der Waals surface area (Å²) in [5, 5.41) is 0. The molecule has 2 aromatic rings. The first-order chi connectivity index (χ1) is 10.1. The number of halogens is 1. The summed E-state index contributed by atoms with van der Waals surface area (Å²) in [5.74, 6) is 1.83. The van der Waals surface area contributed by atoms with Crippen LogP contribution in [-0.4, -0.2) is 23.6 Å². The van der Waals surface area contributed by atoms with Gasteiger partial charge in [-0.1, -0.05) is 0 Å². The molecule has 0 saturated heterocycles. The van der Waals surface area contributed by atoms with Crippen molar-refractivity contribution in [2.24, 2.45) is 0 Å². The lowest BCUT2D eigenvalue weighted by Gasteiger charge is -2.12. The van der Waals surface area contributed by atoms with Gasteiger partial charge >= 0.3 is 0 Å². The van der Waals surface area contributed by atoms with Crippen molar-refractivity contribution in [1.82, 2.24) is 9.97 Å². The van der Waals surface area contributed by atoms with Crippen molar-refractivity contribution in [3.8, 4) is 11.4 Å². The summed E-state index contributed by atoms with van der Waals surface area (Å²) in [5.41, 5.74) is 10.9. The van der Waals surface area contributed by atoms with Gasteiger partial charge in [0.2, 0.25) is 0 Å². The van der Waals surface area contributed by atoms with Crippen molar-refractivity contribution in [3.05, 3.63) is 33.9 Å². The lowest BCUT2D eigenvalue weighted by Crippen LogP contribution is -2.12. The van der Waals surface area contributed by atoms with Gasteiger partial charge in [-0.15, -0.1) is 0 Å². The van der Waals surface area contributed by atoms with Gasteiger partial charge < -0.3 is 10.6 Å². The van der Waals surface area contributed by atoms with E-state index >= 15 is 0 Å². The second kappa shape index (κ2) is 4.70. The van der Waals surface area contributed by atoms with Crippen LogP contribution in [0, 0.1) is 0 Å². The Kier molecular flexibility index (Phi) is 2.92. The Morgan fingerprint density at radius 3 is 2.86 bits per heavy atom. The Bertz CT molecular complexity index is 724. The van der Waals surface area contributed by atoms with Gasteiger partial charge in [0.05, 0.1) is 10.2 Å². The highest BCUT2D eigenvalue weighted by molar-refractivity contribution is 9.10. The van der Waals surface area contributed by atoms with E-state index in [0.29, 0.717) is 11.7 Å². The first-order valence-electron chi connectivity index (χ1n) is 7.31. The maximum atomic E-state index is 6.05. The highest BCUT2D eigenvalue weighted by Crippen LogP contribution is 2.44. The average molecular weight is 345 g/mol. The molecule has 5 heteroatoms. The standard InChI is InChI=1S/C16H17BrN4/c1-21-7-6-10-8-11(4-5-12(10)21)16-19-14(9-2-3-9)13(17)15(18)20-16/h4-5,8-9H,2-3,6-7H2,1H3,(H2,18,19,20). The van der Waals surface area contributed by atoms with Gasteiger partial charge in [-0.25, -0.2) is 9.97 Å². The van der Waals surface area contributed by atoms with Crippen LogP contribution in [0.15, 0.2) is 22.7 Å². The van der Waals surface area contributed by atoms with Gasteiger partial charge in [-0.2, -0.15) is 0 Å². The van der Waals surface area contributed by atoms with Gasteiger partial charge in [0.25, 0.3) is 0 Å². The van der Waals surface area contributed by atoms with Crippen molar-refractivity contribution in [2.75, 3.05) is 24.2 Å². The van der Waals surface area contributed by atoms with Gasteiger partial charge in [0.15, 0.2) is 5.82 Å². The maximum Gasteiger partial charge on any atom is 0.161 e. The lowest BCUT2D eigenvalue weighted by molar-refractivity contribution is 0.956. The molecule has 2 heterocycles. The minimum absolute atomic E-state index is 0.541. The molecule has 0 spiro atoms. The van der Waals surface area contributed by atoms with Crippen LogP contribution in [0.5, 0.6) is 0 Å². The minimum atomic E-state index is 0.541. The largest absolute Gasteiger partial charge is 0.383 e. The molecule has 0 bridgehead atoms. The summed E-state index contributed by atoms with van der Waals surface area (Å²) in [7, 11) is 2.13. The van der Waals surface area contributed by atoms with E-state index in [1.807, 2.05) is 0 Å². The highest BCUT2D eigenvalue weighted by atomic mass is 79.9. The number of hydrogen-bond donors (Lipinski definition) is 1. The number of fused-ring (bicyclic) bond motifs is 1. The number of rotatable bonds is 2. The van der Waals surface area contributed by atoms with Crippen LogP contribution >= 0.6 is 15.9 Å². The number of benzene rings is 1. The molecule has 0 radical (unpaired) electrons. The Balaban J connectivity index is 1.80. The predicted octanol–water partition coefficient (Wildman–Crippen LogP) is 3.36. The molecule has 1 aromatic carbocycles. The second-order valence-electron chi connectivity index (χ2n) is 5.92. The molecule has 4 nitrogen and oxygen atoms in total. The van der Waals surface area contributed by atoms with Crippen molar-refractivity contribution in [3.63, 3.8) is 0 Å². The molecule has 1 fully saturated rings. The molecule has 108 valence electrons. The van der Waals surface area contributed by atoms with Crippen LogP contribution in [0.4, 0.5) is 11.5 Å². The highest BCUT2D eigenvalue weighted by Gasteiger charge is 2.29. The van der Waals surface area contributed by atoms with Crippen LogP contribution in [0.3, 0.4) is 0 Å². The molecule has 2 N–H and O–H groups in total. The summed E-state index contributed by atoms with van der Waals surface area (Å²) in [6, 6.07) is 6.47. The zero-order valence-electron chi connectivity index (χ0n) is 11.9. The Morgan fingerprint density at radius 2 is 2.10 bits per heavy atom. The molecule has 2 aliphatic rings. The molecule has 1 saturated carbocycles. The quantitative estimate of drug-likeness (QED) is 0.907. The van der Waals surface area contributed by atoms with Gasteiger partial charge in [0.1, 0.15) is 5.82 Å². The SMILES string of the molecule is CN1CCc2cc(-c3nc(N)c(Br)c(C4CC4)n3)ccc21. The fraction of sp³-hybridized carbons (Fsp3) is 0.375. The summed E-state index contributed by atoms with van der Waals surface area (Å²) in [4.78, 5) is 11.5. The van der Waals surface area contributed by atoms with Crippen molar-refractivity contribution >= 4 is 27.4 Å². The van der Waals surface area contributed by atoms with E-state index in [-0.39, 0.29) is 0 Å². The predicted molar refractivity (Wildman–Crippen MR) is 88.5 cm³/mol. The van der Waals surface area contributed by atoms with E-state index in [0.717, 1.165) is 34.5 Å².